The molecule has 19 heteroatoms. The first-order chi connectivity index (χ1) is 40.7. The summed E-state index contributed by atoms with van der Waals surface area (Å²) < 4.78 is 67.9. The standard InChI is InChI=1S/C66H128O17P2/c1-8-9-10-30-40-47-63(68)76-53-61(83-66(71)50-43-36-29-28-33-39-46-59(6)7)55-80-84(72,73)78-51-60(67)52-79-85(74,75)81-56-62(54-77-64(69)48-41-34-26-22-18-15-14-17-21-25-32-38-45-58(4)5)82-65(70)49-42-35-27-23-19-13-11-12-16-20-24-31-37-44-57(2)3/h57-62,67H,8-56H2,1-7H3,(H,72,73)(H,74,75)/t60-,61+,62+/m0/s1. The maximum absolute atomic E-state index is 13.0. The third-order valence-electron chi connectivity index (χ3n) is 15.1. The van der Waals surface area contributed by atoms with Crippen LogP contribution < -0.4 is 0 Å². The molecule has 0 aliphatic heterocycles. The molecule has 5 atom stereocenters. The molecule has 0 bridgehead atoms. The van der Waals surface area contributed by atoms with Gasteiger partial charge in [0, 0.05) is 25.7 Å². The Balaban J connectivity index is 5.17. The van der Waals surface area contributed by atoms with E-state index in [1.54, 1.807) is 0 Å². The lowest BCUT2D eigenvalue weighted by molar-refractivity contribution is -0.161. The van der Waals surface area contributed by atoms with Crippen molar-refractivity contribution in [2.45, 2.75) is 343 Å². The maximum Gasteiger partial charge on any atom is 0.472 e. The summed E-state index contributed by atoms with van der Waals surface area (Å²) in [7, 11) is -9.88. The number of aliphatic hydroxyl groups is 1. The summed E-state index contributed by atoms with van der Waals surface area (Å²) in [5.41, 5.74) is 0. The number of hydrogen-bond acceptors (Lipinski definition) is 15. The Kier molecular flexibility index (Phi) is 55.9. The van der Waals surface area contributed by atoms with Gasteiger partial charge in [0.05, 0.1) is 26.4 Å². The zero-order chi connectivity index (χ0) is 63.1. The predicted molar refractivity (Wildman–Crippen MR) is 340 cm³/mol. The minimum Gasteiger partial charge on any atom is -0.462 e. The second-order valence-corrected chi connectivity index (χ2v) is 28.2. The van der Waals surface area contributed by atoms with E-state index in [1.807, 2.05) is 0 Å². The van der Waals surface area contributed by atoms with Crippen molar-refractivity contribution in [3.05, 3.63) is 0 Å². The molecule has 0 aromatic carbocycles. The minimum absolute atomic E-state index is 0.101. The van der Waals surface area contributed by atoms with E-state index in [9.17, 15) is 43.2 Å². The lowest BCUT2D eigenvalue weighted by atomic mass is 10.0. The van der Waals surface area contributed by atoms with Crippen LogP contribution in [0.3, 0.4) is 0 Å². The highest BCUT2D eigenvalue weighted by atomic mass is 31.2. The summed E-state index contributed by atoms with van der Waals surface area (Å²) in [6.45, 7) is 11.7. The van der Waals surface area contributed by atoms with E-state index in [1.165, 1.54) is 128 Å². The quantitative estimate of drug-likeness (QED) is 0.0222. The van der Waals surface area contributed by atoms with E-state index in [0.29, 0.717) is 31.6 Å². The molecule has 0 rings (SSSR count). The van der Waals surface area contributed by atoms with Crippen molar-refractivity contribution in [2.24, 2.45) is 17.8 Å². The number of hydrogen-bond donors (Lipinski definition) is 3. The molecule has 0 saturated carbocycles. The lowest BCUT2D eigenvalue weighted by Gasteiger charge is -2.21. The van der Waals surface area contributed by atoms with Crippen molar-refractivity contribution in [2.75, 3.05) is 39.6 Å². The summed E-state index contributed by atoms with van der Waals surface area (Å²) in [6, 6.07) is 0. The van der Waals surface area contributed by atoms with Crippen LogP contribution in [-0.2, 0) is 65.4 Å². The van der Waals surface area contributed by atoms with Gasteiger partial charge in [-0.2, -0.15) is 0 Å². The first-order valence-corrected chi connectivity index (χ1v) is 37.3. The third-order valence-corrected chi connectivity index (χ3v) is 17.0. The molecule has 0 aliphatic carbocycles. The highest BCUT2D eigenvalue weighted by Gasteiger charge is 2.30. The van der Waals surface area contributed by atoms with Crippen LogP contribution in [0.5, 0.6) is 0 Å². The summed E-state index contributed by atoms with van der Waals surface area (Å²) >= 11 is 0. The van der Waals surface area contributed by atoms with Gasteiger partial charge in [0.2, 0.25) is 0 Å². The summed E-state index contributed by atoms with van der Waals surface area (Å²) in [5, 5.41) is 10.5. The van der Waals surface area contributed by atoms with E-state index in [0.717, 1.165) is 108 Å². The Morgan fingerprint density at radius 1 is 0.318 bits per heavy atom. The number of ether oxygens (including phenoxy) is 4. The van der Waals surface area contributed by atoms with Crippen LogP contribution in [0.15, 0.2) is 0 Å². The molecule has 0 saturated heterocycles. The number of aliphatic hydroxyl groups excluding tert-OH is 1. The van der Waals surface area contributed by atoms with Gasteiger partial charge in [0.1, 0.15) is 19.3 Å². The number of phosphoric acid groups is 2. The van der Waals surface area contributed by atoms with Crippen LogP contribution in [0, 0.1) is 17.8 Å². The van der Waals surface area contributed by atoms with E-state index in [4.69, 9.17) is 37.0 Å². The molecule has 0 amide bonds. The number of carbonyl (C=O) groups excluding carboxylic acids is 4. The van der Waals surface area contributed by atoms with Crippen LogP contribution in [0.1, 0.15) is 325 Å². The van der Waals surface area contributed by atoms with Crippen molar-refractivity contribution < 1.29 is 80.2 Å². The molecule has 0 fully saturated rings. The largest absolute Gasteiger partial charge is 0.472 e. The molecule has 0 radical (unpaired) electrons. The van der Waals surface area contributed by atoms with E-state index in [-0.39, 0.29) is 25.7 Å². The van der Waals surface area contributed by atoms with E-state index >= 15 is 0 Å². The van der Waals surface area contributed by atoms with Crippen LogP contribution in [0.2, 0.25) is 0 Å². The molecule has 504 valence electrons. The van der Waals surface area contributed by atoms with E-state index < -0.39 is 97.5 Å². The fraction of sp³-hybridized carbons (Fsp3) is 0.939. The zero-order valence-electron chi connectivity index (χ0n) is 55.1. The van der Waals surface area contributed by atoms with Gasteiger partial charge in [-0.15, -0.1) is 0 Å². The van der Waals surface area contributed by atoms with Crippen molar-refractivity contribution in [1.29, 1.82) is 0 Å². The van der Waals surface area contributed by atoms with Gasteiger partial charge in [0.15, 0.2) is 12.2 Å². The van der Waals surface area contributed by atoms with Crippen molar-refractivity contribution in [1.82, 2.24) is 0 Å². The molecule has 0 aromatic rings. The molecule has 0 spiro atoms. The SMILES string of the molecule is CCCCCCCC(=O)OC[C@H](COP(=O)(O)OC[C@H](O)COP(=O)(O)OC[C@@H](COC(=O)CCCCCCCCCCCCCCC(C)C)OC(=O)CCCCCCCCCCCCCCCC(C)C)OC(=O)CCCCCCCCC(C)C. The Morgan fingerprint density at radius 2 is 0.541 bits per heavy atom. The molecule has 0 heterocycles. The fourth-order valence-electron chi connectivity index (χ4n) is 9.83. The first-order valence-electron chi connectivity index (χ1n) is 34.3. The average molecular weight is 1260 g/mol. The Hall–Kier alpha value is -1.94. The molecule has 0 aromatic heterocycles. The lowest BCUT2D eigenvalue weighted by Crippen LogP contribution is -2.30. The van der Waals surface area contributed by atoms with Gasteiger partial charge < -0.3 is 33.8 Å². The Morgan fingerprint density at radius 3 is 0.800 bits per heavy atom. The van der Waals surface area contributed by atoms with Crippen molar-refractivity contribution in [3.63, 3.8) is 0 Å². The zero-order valence-corrected chi connectivity index (χ0v) is 56.9. The topological polar surface area (TPSA) is 237 Å². The van der Waals surface area contributed by atoms with Crippen molar-refractivity contribution in [3.8, 4) is 0 Å². The molecular weight excluding hydrogens is 1130 g/mol. The fourth-order valence-corrected chi connectivity index (χ4v) is 11.4. The highest BCUT2D eigenvalue weighted by molar-refractivity contribution is 7.47. The van der Waals surface area contributed by atoms with Crippen LogP contribution >= 0.6 is 15.6 Å². The molecule has 0 aliphatic rings. The predicted octanol–water partition coefficient (Wildman–Crippen LogP) is 18.3. The van der Waals surface area contributed by atoms with Crippen molar-refractivity contribution >= 4 is 39.5 Å². The van der Waals surface area contributed by atoms with Gasteiger partial charge in [0.25, 0.3) is 0 Å². The molecule has 2 unspecified atom stereocenters. The molecular formula is C66H128O17P2. The second kappa shape index (κ2) is 57.2. The van der Waals surface area contributed by atoms with Gasteiger partial charge in [-0.05, 0) is 43.4 Å². The van der Waals surface area contributed by atoms with Gasteiger partial charge >= 0.3 is 39.5 Å². The first kappa shape index (κ1) is 83.1. The summed E-state index contributed by atoms with van der Waals surface area (Å²) in [5.74, 6) is 0.0915. The van der Waals surface area contributed by atoms with Gasteiger partial charge in [-0.1, -0.05) is 273 Å². The maximum atomic E-state index is 13.0. The number of rotatable bonds is 64. The monoisotopic (exact) mass is 1250 g/mol. The minimum atomic E-state index is -4.95. The average Bonchev–Trinajstić information content (AvgIpc) is 3.58. The number of phosphoric ester groups is 2. The smallest absolute Gasteiger partial charge is 0.462 e. The van der Waals surface area contributed by atoms with Gasteiger partial charge in [-0.3, -0.25) is 37.3 Å². The molecule has 3 N–H and O–H groups in total. The third kappa shape index (κ3) is 60.7. The normalized spacial score (nSPS) is 14.3. The summed E-state index contributed by atoms with van der Waals surface area (Å²) in [6.07, 6.45) is 39.5. The number of carbonyl (C=O) groups is 4. The number of unbranched alkanes of at least 4 members (excludes halogenated alkanes) is 32. The Bertz CT molecular complexity index is 1680. The second-order valence-electron chi connectivity index (χ2n) is 25.3. The van der Waals surface area contributed by atoms with Crippen LogP contribution in [-0.4, -0.2) is 96.7 Å². The number of esters is 4. The van der Waals surface area contributed by atoms with Gasteiger partial charge in [-0.25, -0.2) is 9.13 Å². The highest BCUT2D eigenvalue weighted by Crippen LogP contribution is 2.45. The van der Waals surface area contributed by atoms with Crippen LogP contribution in [0.4, 0.5) is 0 Å². The van der Waals surface area contributed by atoms with Crippen LogP contribution in [0.25, 0.3) is 0 Å². The Labute approximate surface area is 517 Å². The summed E-state index contributed by atoms with van der Waals surface area (Å²) in [4.78, 5) is 72.0. The van der Waals surface area contributed by atoms with E-state index in [2.05, 4.69) is 48.5 Å². The molecule has 17 nitrogen and oxygen atoms in total. The molecule has 85 heavy (non-hydrogen) atoms.